The Labute approximate surface area is 107 Å². The van der Waals surface area contributed by atoms with Crippen LogP contribution < -0.4 is 15.8 Å². The third-order valence-electron chi connectivity index (χ3n) is 2.54. The third kappa shape index (κ3) is 2.73. The van der Waals surface area contributed by atoms with E-state index in [2.05, 4.69) is 5.32 Å². The van der Waals surface area contributed by atoms with Crippen molar-refractivity contribution in [3.05, 3.63) is 47.8 Å². The summed E-state index contributed by atoms with van der Waals surface area (Å²) < 4.78 is 44.9. The summed E-state index contributed by atoms with van der Waals surface area (Å²) in [6, 6.07) is 5.60. The second-order valence-electron chi connectivity index (χ2n) is 3.82. The number of rotatable bonds is 3. The molecule has 0 atom stereocenters. The molecule has 0 aliphatic heterocycles. The van der Waals surface area contributed by atoms with E-state index in [1.165, 1.54) is 25.3 Å². The molecule has 0 saturated heterocycles. The van der Waals surface area contributed by atoms with E-state index in [-0.39, 0.29) is 17.1 Å². The number of ether oxygens (including phenoxy) is 1. The average molecular weight is 268 g/mol. The molecule has 3 nitrogen and oxygen atoms in total. The van der Waals surface area contributed by atoms with E-state index in [9.17, 15) is 13.2 Å². The van der Waals surface area contributed by atoms with Gasteiger partial charge in [0.25, 0.3) is 0 Å². The van der Waals surface area contributed by atoms with Crippen molar-refractivity contribution < 1.29 is 17.9 Å². The van der Waals surface area contributed by atoms with E-state index in [1.807, 2.05) is 0 Å². The minimum atomic E-state index is -0.911. The quantitative estimate of drug-likeness (QED) is 0.838. The van der Waals surface area contributed by atoms with Crippen LogP contribution in [-0.4, -0.2) is 7.11 Å². The largest absolute Gasteiger partial charge is 0.497 e. The number of nitrogens with one attached hydrogen (secondary N) is 1. The summed E-state index contributed by atoms with van der Waals surface area (Å²) in [5.41, 5.74) is 5.13. The highest BCUT2D eigenvalue weighted by Crippen LogP contribution is 2.29. The van der Waals surface area contributed by atoms with Crippen molar-refractivity contribution in [1.82, 2.24) is 0 Å². The Morgan fingerprint density at radius 1 is 1.00 bits per heavy atom. The van der Waals surface area contributed by atoms with Gasteiger partial charge in [0.2, 0.25) is 0 Å². The standard InChI is InChI=1S/C13H11F3N2O/c1-19-8-2-3-9(15)11(6-8)18-12-5-7(14)4-10(16)13(12)17/h2-6,18H,17H2,1H3. The van der Waals surface area contributed by atoms with Gasteiger partial charge in [-0.1, -0.05) is 0 Å². The molecule has 0 bridgehead atoms. The van der Waals surface area contributed by atoms with Crippen molar-refractivity contribution in [3.63, 3.8) is 0 Å². The summed E-state index contributed by atoms with van der Waals surface area (Å²) in [5, 5.41) is 2.54. The second kappa shape index (κ2) is 5.09. The molecule has 0 aliphatic carbocycles. The van der Waals surface area contributed by atoms with Gasteiger partial charge in [0.1, 0.15) is 17.4 Å². The first kappa shape index (κ1) is 13.1. The molecule has 0 fully saturated rings. The Hall–Kier alpha value is -2.37. The summed E-state index contributed by atoms with van der Waals surface area (Å²) in [6.45, 7) is 0. The fraction of sp³-hybridized carbons (Fsp3) is 0.0769. The minimum Gasteiger partial charge on any atom is -0.497 e. The Kier molecular flexibility index (Phi) is 3.50. The summed E-state index contributed by atoms with van der Waals surface area (Å²) in [7, 11) is 1.42. The van der Waals surface area contributed by atoms with Crippen LogP contribution in [-0.2, 0) is 0 Å². The first-order valence-corrected chi connectivity index (χ1v) is 5.36. The number of nitrogens with two attached hydrogens (primary N) is 1. The molecule has 0 saturated carbocycles. The zero-order valence-electron chi connectivity index (χ0n) is 10.0. The van der Waals surface area contributed by atoms with Crippen molar-refractivity contribution in [3.8, 4) is 5.75 Å². The molecule has 0 amide bonds. The summed E-state index contributed by atoms with van der Waals surface area (Å²) >= 11 is 0. The normalized spacial score (nSPS) is 10.3. The monoisotopic (exact) mass is 268 g/mol. The van der Waals surface area contributed by atoms with Crippen LogP contribution in [0.4, 0.5) is 30.2 Å². The van der Waals surface area contributed by atoms with Gasteiger partial charge in [0.05, 0.1) is 24.2 Å². The maximum atomic E-state index is 13.6. The minimum absolute atomic E-state index is 0.0102. The molecule has 100 valence electrons. The number of methoxy groups -OCH3 is 1. The van der Waals surface area contributed by atoms with Crippen LogP contribution >= 0.6 is 0 Å². The molecule has 3 N–H and O–H groups in total. The lowest BCUT2D eigenvalue weighted by Crippen LogP contribution is -2.02. The average Bonchev–Trinajstić information content (AvgIpc) is 2.38. The lowest BCUT2D eigenvalue weighted by atomic mass is 10.2. The first-order chi connectivity index (χ1) is 9.01. The van der Waals surface area contributed by atoms with Gasteiger partial charge < -0.3 is 15.8 Å². The van der Waals surface area contributed by atoms with E-state index >= 15 is 0 Å². The number of hydrogen-bond acceptors (Lipinski definition) is 3. The van der Waals surface area contributed by atoms with Gasteiger partial charge in [-0.3, -0.25) is 0 Å². The van der Waals surface area contributed by atoms with E-state index in [1.54, 1.807) is 0 Å². The van der Waals surface area contributed by atoms with Crippen LogP contribution in [0.25, 0.3) is 0 Å². The molecule has 2 rings (SSSR count). The molecule has 19 heavy (non-hydrogen) atoms. The van der Waals surface area contributed by atoms with E-state index in [0.717, 1.165) is 6.07 Å². The predicted molar refractivity (Wildman–Crippen MR) is 67.0 cm³/mol. The van der Waals surface area contributed by atoms with Gasteiger partial charge in [-0.15, -0.1) is 0 Å². The van der Waals surface area contributed by atoms with Gasteiger partial charge in [-0.05, 0) is 18.2 Å². The number of nitrogen functional groups attached to an aromatic ring is 1. The summed E-state index contributed by atoms with van der Waals surface area (Å²) in [6.07, 6.45) is 0. The van der Waals surface area contributed by atoms with Gasteiger partial charge >= 0.3 is 0 Å². The molecule has 2 aromatic rings. The van der Waals surface area contributed by atoms with Crippen molar-refractivity contribution in [2.24, 2.45) is 0 Å². The first-order valence-electron chi connectivity index (χ1n) is 5.36. The predicted octanol–water partition coefficient (Wildman–Crippen LogP) is 3.44. The summed E-state index contributed by atoms with van der Waals surface area (Å²) in [5.74, 6) is -1.91. The van der Waals surface area contributed by atoms with Crippen LogP contribution in [0, 0.1) is 17.5 Å². The van der Waals surface area contributed by atoms with Crippen molar-refractivity contribution in [2.75, 3.05) is 18.2 Å². The SMILES string of the molecule is COc1ccc(F)c(Nc2cc(F)cc(F)c2N)c1. The van der Waals surface area contributed by atoms with Crippen LogP contribution in [0.2, 0.25) is 0 Å². The highest BCUT2D eigenvalue weighted by molar-refractivity contribution is 5.73. The highest BCUT2D eigenvalue weighted by Gasteiger charge is 2.11. The second-order valence-corrected chi connectivity index (χ2v) is 3.82. The smallest absolute Gasteiger partial charge is 0.151 e. The summed E-state index contributed by atoms with van der Waals surface area (Å²) in [4.78, 5) is 0. The molecule has 0 radical (unpaired) electrons. The molecule has 0 unspecified atom stereocenters. The van der Waals surface area contributed by atoms with Crippen molar-refractivity contribution >= 4 is 17.1 Å². The molecular weight excluding hydrogens is 257 g/mol. The molecule has 6 heteroatoms. The highest BCUT2D eigenvalue weighted by atomic mass is 19.1. The zero-order chi connectivity index (χ0) is 14.0. The number of benzene rings is 2. The zero-order valence-corrected chi connectivity index (χ0v) is 10.0. The Balaban J connectivity index is 2.41. The third-order valence-corrected chi connectivity index (χ3v) is 2.54. The molecular formula is C13H11F3N2O. The molecule has 0 spiro atoms. The van der Waals surface area contributed by atoms with Crippen LogP contribution in [0.5, 0.6) is 5.75 Å². The van der Waals surface area contributed by atoms with Gasteiger partial charge in [0.15, 0.2) is 5.82 Å². The maximum absolute atomic E-state index is 13.6. The lowest BCUT2D eigenvalue weighted by Gasteiger charge is -2.12. The fourth-order valence-corrected chi connectivity index (χ4v) is 1.56. The number of hydrogen-bond donors (Lipinski definition) is 2. The fourth-order valence-electron chi connectivity index (χ4n) is 1.56. The number of halogens is 3. The van der Waals surface area contributed by atoms with Crippen LogP contribution in [0.15, 0.2) is 30.3 Å². The van der Waals surface area contributed by atoms with E-state index in [4.69, 9.17) is 10.5 Å². The Bertz CT molecular complexity index is 617. The van der Waals surface area contributed by atoms with E-state index < -0.39 is 17.5 Å². The molecule has 0 aliphatic rings. The lowest BCUT2D eigenvalue weighted by molar-refractivity contribution is 0.414. The van der Waals surface area contributed by atoms with E-state index in [0.29, 0.717) is 11.8 Å². The Morgan fingerprint density at radius 2 is 1.74 bits per heavy atom. The topological polar surface area (TPSA) is 47.3 Å². The van der Waals surface area contributed by atoms with Gasteiger partial charge in [-0.25, -0.2) is 13.2 Å². The van der Waals surface area contributed by atoms with Crippen LogP contribution in [0.1, 0.15) is 0 Å². The van der Waals surface area contributed by atoms with Crippen molar-refractivity contribution in [2.45, 2.75) is 0 Å². The Morgan fingerprint density at radius 3 is 2.42 bits per heavy atom. The molecule has 2 aromatic carbocycles. The van der Waals surface area contributed by atoms with Crippen LogP contribution in [0.3, 0.4) is 0 Å². The maximum Gasteiger partial charge on any atom is 0.151 e. The molecule has 0 aromatic heterocycles. The van der Waals surface area contributed by atoms with Crippen molar-refractivity contribution in [1.29, 1.82) is 0 Å². The van der Waals surface area contributed by atoms with Gasteiger partial charge in [-0.2, -0.15) is 0 Å². The number of anilines is 3. The molecule has 0 heterocycles. The van der Waals surface area contributed by atoms with Gasteiger partial charge in [0, 0.05) is 12.1 Å².